The van der Waals surface area contributed by atoms with Crippen LogP contribution in [0.25, 0.3) is 0 Å². The molecule has 1 N–H and O–H groups in total. The zero-order chi connectivity index (χ0) is 7.73. The Hall–Kier alpha value is 0.660. The molecule has 2 atom stereocenters. The van der Waals surface area contributed by atoms with E-state index in [1.807, 2.05) is 0 Å². The third kappa shape index (κ3) is 1.56. The van der Waals surface area contributed by atoms with Crippen molar-refractivity contribution < 1.29 is 0 Å². The summed E-state index contributed by atoms with van der Waals surface area (Å²) >= 11 is 4.25. The highest BCUT2D eigenvalue weighted by Gasteiger charge is 2.40. The summed E-state index contributed by atoms with van der Waals surface area (Å²) in [5.74, 6) is 4.02. The van der Waals surface area contributed by atoms with Gasteiger partial charge in [-0.3, -0.25) is 5.32 Å². The molecule has 0 bridgehead atoms. The molecule has 0 amide bonds. The first-order valence-electron chi connectivity index (χ1n) is 4.34. The van der Waals surface area contributed by atoms with Crippen molar-refractivity contribution in [2.75, 3.05) is 17.3 Å². The van der Waals surface area contributed by atoms with E-state index in [1.54, 1.807) is 0 Å². The van der Waals surface area contributed by atoms with Crippen LogP contribution in [-0.2, 0) is 0 Å². The molecule has 64 valence electrons. The van der Waals surface area contributed by atoms with Gasteiger partial charge in [-0.25, -0.2) is 0 Å². The summed E-state index contributed by atoms with van der Waals surface area (Å²) in [5, 5.41) is 3.76. The van der Waals surface area contributed by atoms with E-state index in [9.17, 15) is 0 Å². The summed E-state index contributed by atoms with van der Waals surface area (Å²) in [6.07, 6.45) is 2.66. The molecular formula is C8H15NS2. The van der Waals surface area contributed by atoms with Crippen molar-refractivity contribution >= 4 is 23.5 Å². The van der Waals surface area contributed by atoms with Crippen LogP contribution in [0, 0.1) is 0 Å². The predicted octanol–water partition coefficient (Wildman–Crippen LogP) is 1.93. The lowest BCUT2D eigenvalue weighted by Crippen LogP contribution is -2.41. The Kier molecular flexibility index (Phi) is 2.40. The van der Waals surface area contributed by atoms with E-state index in [2.05, 4.69) is 35.8 Å². The van der Waals surface area contributed by atoms with E-state index in [1.165, 1.54) is 30.1 Å². The maximum atomic E-state index is 3.76. The summed E-state index contributed by atoms with van der Waals surface area (Å²) in [6.45, 7) is 2.28. The largest absolute Gasteiger partial charge is 0.298 e. The number of rotatable bonds is 1. The monoisotopic (exact) mass is 189 g/mol. The molecule has 0 saturated carbocycles. The van der Waals surface area contributed by atoms with Crippen LogP contribution in [0.4, 0.5) is 0 Å². The van der Waals surface area contributed by atoms with Gasteiger partial charge in [-0.2, -0.15) is 11.8 Å². The topological polar surface area (TPSA) is 12.0 Å². The predicted molar refractivity (Wildman–Crippen MR) is 54.3 cm³/mol. The number of hydrogen-bond donors (Lipinski definition) is 1. The molecule has 1 spiro atoms. The lowest BCUT2D eigenvalue weighted by atomic mass is 10.2. The minimum atomic E-state index is 0.491. The van der Waals surface area contributed by atoms with Crippen molar-refractivity contribution in [3.05, 3.63) is 0 Å². The molecule has 1 nitrogen and oxygen atoms in total. The Morgan fingerprint density at radius 2 is 2.55 bits per heavy atom. The number of hydrogen-bond acceptors (Lipinski definition) is 3. The van der Waals surface area contributed by atoms with E-state index in [0.29, 0.717) is 4.87 Å². The Morgan fingerprint density at radius 1 is 1.64 bits per heavy atom. The van der Waals surface area contributed by atoms with Gasteiger partial charge in [0.15, 0.2) is 0 Å². The molecule has 0 aromatic heterocycles. The second-order valence-corrected chi connectivity index (χ2v) is 5.87. The van der Waals surface area contributed by atoms with Crippen LogP contribution in [0.5, 0.6) is 0 Å². The molecule has 0 aliphatic carbocycles. The fourth-order valence-corrected chi connectivity index (χ4v) is 4.95. The minimum absolute atomic E-state index is 0.491. The summed E-state index contributed by atoms with van der Waals surface area (Å²) in [7, 11) is 0. The average Bonchev–Trinajstić information content (AvgIpc) is 2.62. The van der Waals surface area contributed by atoms with E-state index in [-0.39, 0.29) is 0 Å². The third-order valence-electron chi connectivity index (χ3n) is 2.51. The molecule has 2 fully saturated rings. The molecule has 2 aliphatic rings. The molecule has 0 aromatic carbocycles. The SMILES string of the molecule is CCC1CSC2(CCSC2)N1. The lowest BCUT2D eigenvalue weighted by molar-refractivity contribution is 0.464. The van der Waals surface area contributed by atoms with E-state index >= 15 is 0 Å². The normalized spacial score (nSPS) is 43.9. The lowest BCUT2D eigenvalue weighted by Gasteiger charge is -2.22. The van der Waals surface area contributed by atoms with Gasteiger partial charge in [-0.05, 0) is 18.6 Å². The molecule has 11 heavy (non-hydrogen) atoms. The molecular weight excluding hydrogens is 174 g/mol. The van der Waals surface area contributed by atoms with Crippen molar-refractivity contribution in [2.45, 2.75) is 30.7 Å². The van der Waals surface area contributed by atoms with Gasteiger partial charge in [0.2, 0.25) is 0 Å². The molecule has 2 aliphatic heterocycles. The van der Waals surface area contributed by atoms with Crippen LogP contribution in [0.1, 0.15) is 19.8 Å². The number of thioether (sulfide) groups is 2. The molecule has 2 saturated heterocycles. The molecule has 2 unspecified atom stereocenters. The fraction of sp³-hybridized carbons (Fsp3) is 1.00. The van der Waals surface area contributed by atoms with Gasteiger partial charge < -0.3 is 0 Å². The van der Waals surface area contributed by atoms with Crippen LogP contribution in [-0.4, -0.2) is 28.2 Å². The van der Waals surface area contributed by atoms with Crippen molar-refractivity contribution in [3.63, 3.8) is 0 Å². The first-order chi connectivity index (χ1) is 5.35. The van der Waals surface area contributed by atoms with Crippen LogP contribution >= 0.6 is 23.5 Å². The van der Waals surface area contributed by atoms with E-state index in [4.69, 9.17) is 0 Å². The van der Waals surface area contributed by atoms with Crippen LogP contribution in [0.15, 0.2) is 0 Å². The van der Waals surface area contributed by atoms with E-state index in [0.717, 1.165) is 6.04 Å². The smallest absolute Gasteiger partial charge is 0.0747 e. The van der Waals surface area contributed by atoms with Gasteiger partial charge in [-0.1, -0.05) is 6.92 Å². The highest BCUT2D eigenvalue weighted by atomic mass is 32.2. The van der Waals surface area contributed by atoms with Crippen LogP contribution in [0.3, 0.4) is 0 Å². The zero-order valence-corrected chi connectivity index (χ0v) is 8.56. The summed E-state index contributed by atoms with van der Waals surface area (Å²) in [6, 6.07) is 0.790. The van der Waals surface area contributed by atoms with Crippen LogP contribution in [0.2, 0.25) is 0 Å². The molecule has 3 heteroatoms. The second-order valence-electron chi connectivity index (χ2n) is 3.36. The highest BCUT2D eigenvalue weighted by molar-refractivity contribution is 8.04. The minimum Gasteiger partial charge on any atom is -0.298 e. The van der Waals surface area contributed by atoms with Crippen molar-refractivity contribution in [3.8, 4) is 0 Å². The zero-order valence-electron chi connectivity index (χ0n) is 6.93. The Morgan fingerprint density at radius 3 is 3.09 bits per heavy atom. The van der Waals surface area contributed by atoms with Gasteiger partial charge >= 0.3 is 0 Å². The summed E-state index contributed by atoms with van der Waals surface area (Å²) in [5.41, 5.74) is 0. The van der Waals surface area contributed by atoms with Gasteiger partial charge in [0.25, 0.3) is 0 Å². The number of nitrogens with one attached hydrogen (secondary N) is 1. The van der Waals surface area contributed by atoms with Gasteiger partial charge in [-0.15, -0.1) is 11.8 Å². The molecule has 0 radical (unpaired) electrons. The van der Waals surface area contributed by atoms with Gasteiger partial charge in [0.1, 0.15) is 0 Å². The Balaban J connectivity index is 1.96. The summed E-state index contributed by atoms with van der Waals surface area (Å²) < 4.78 is 0. The maximum Gasteiger partial charge on any atom is 0.0747 e. The van der Waals surface area contributed by atoms with Gasteiger partial charge in [0, 0.05) is 17.5 Å². The average molecular weight is 189 g/mol. The quantitative estimate of drug-likeness (QED) is 0.677. The second kappa shape index (κ2) is 3.19. The fourth-order valence-electron chi connectivity index (χ4n) is 1.71. The van der Waals surface area contributed by atoms with Crippen molar-refractivity contribution in [1.82, 2.24) is 5.32 Å². The van der Waals surface area contributed by atoms with Crippen LogP contribution < -0.4 is 5.32 Å². The third-order valence-corrected chi connectivity index (χ3v) is 5.47. The maximum absolute atomic E-state index is 3.76. The molecule has 0 aromatic rings. The Labute approximate surface area is 77.1 Å². The standard InChI is InChI=1S/C8H15NS2/c1-2-7-5-11-8(9-7)3-4-10-6-8/h7,9H,2-6H2,1H3. The van der Waals surface area contributed by atoms with Crippen molar-refractivity contribution in [1.29, 1.82) is 0 Å². The first-order valence-corrected chi connectivity index (χ1v) is 6.48. The Bertz CT molecular complexity index is 143. The first kappa shape index (κ1) is 8.27. The highest BCUT2D eigenvalue weighted by Crippen LogP contribution is 2.42. The molecule has 2 rings (SSSR count). The van der Waals surface area contributed by atoms with E-state index < -0.39 is 0 Å². The molecule has 2 heterocycles. The van der Waals surface area contributed by atoms with Crippen molar-refractivity contribution in [2.24, 2.45) is 0 Å². The van der Waals surface area contributed by atoms with Gasteiger partial charge in [0.05, 0.1) is 4.87 Å². The summed E-state index contributed by atoms with van der Waals surface area (Å²) in [4.78, 5) is 0.491.